The molecule has 0 aliphatic heterocycles. The molecule has 0 bridgehead atoms. The average Bonchev–Trinajstić information content (AvgIpc) is 2.16. The maximum Gasteiger partial charge on any atom is 0.0272 e. The van der Waals surface area contributed by atoms with Crippen molar-refractivity contribution in [1.29, 1.82) is 0 Å². The van der Waals surface area contributed by atoms with Crippen LogP contribution < -0.4 is 0 Å². The molecule has 1 rings (SSSR count). The van der Waals surface area contributed by atoms with Gasteiger partial charge >= 0.3 is 0 Å². The minimum absolute atomic E-state index is 0.393. The summed E-state index contributed by atoms with van der Waals surface area (Å²) in [7, 11) is 0. The van der Waals surface area contributed by atoms with Crippen LogP contribution in [0.2, 0.25) is 0 Å². The molecular formula is C6H3O6S3-3. The summed E-state index contributed by atoms with van der Waals surface area (Å²) in [5.74, 6) is 0. The summed E-state index contributed by atoms with van der Waals surface area (Å²) in [5, 5.41) is 0. The van der Waals surface area contributed by atoms with E-state index in [1.54, 1.807) is 0 Å². The number of rotatable bonds is 3. The second-order valence-corrected chi connectivity index (χ2v) is 5.17. The van der Waals surface area contributed by atoms with E-state index in [0.29, 0.717) is 0 Å². The zero-order chi connectivity index (χ0) is 11.6. The molecule has 0 aromatic heterocycles. The van der Waals surface area contributed by atoms with Gasteiger partial charge in [0, 0.05) is 14.7 Å². The van der Waals surface area contributed by atoms with Crippen molar-refractivity contribution in [3.63, 3.8) is 0 Å². The number of hydrogen-bond acceptors (Lipinski definition) is 6. The SMILES string of the molecule is O=S([O-])c1cc(S(=O)[O-])cc(S(=O)[O-])c1. The first kappa shape index (κ1) is 12.6. The van der Waals surface area contributed by atoms with Gasteiger partial charge in [-0.05, 0) is 51.4 Å². The maximum atomic E-state index is 10.5. The Balaban J connectivity index is 3.39. The molecule has 15 heavy (non-hydrogen) atoms. The Labute approximate surface area is 92.6 Å². The maximum absolute atomic E-state index is 10.5. The van der Waals surface area contributed by atoms with E-state index in [0.717, 1.165) is 18.2 Å². The highest BCUT2D eigenvalue weighted by Crippen LogP contribution is 2.17. The topological polar surface area (TPSA) is 120 Å². The van der Waals surface area contributed by atoms with Gasteiger partial charge in [0.05, 0.1) is 0 Å². The quantitative estimate of drug-likeness (QED) is 0.674. The third-order valence-electron chi connectivity index (χ3n) is 1.43. The van der Waals surface area contributed by atoms with Gasteiger partial charge in [0.15, 0.2) is 0 Å². The lowest BCUT2D eigenvalue weighted by Crippen LogP contribution is -1.98. The molecule has 1 aromatic rings. The van der Waals surface area contributed by atoms with Crippen LogP contribution in [0.1, 0.15) is 0 Å². The molecule has 0 spiro atoms. The molecule has 0 saturated heterocycles. The van der Waals surface area contributed by atoms with Crippen molar-refractivity contribution in [2.45, 2.75) is 14.7 Å². The predicted molar refractivity (Wildman–Crippen MR) is 48.0 cm³/mol. The molecular weight excluding hydrogens is 264 g/mol. The molecule has 0 fully saturated rings. The summed E-state index contributed by atoms with van der Waals surface area (Å²) in [6, 6.07) is 2.59. The van der Waals surface area contributed by atoms with Gasteiger partial charge in [0.25, 0.3) is 0 Å². The zero-order valence-electron chi connectivity index (χ0n) is 6.91. The van der Waals surface area contributed by atoms with Crippen molar-refractivity contribution in [3.8, 4) is 0 Å². The van der Waals surface area contributed by atoms with E-state index >= 15 is 0 Å². The summed E-state index contributed by atoms with van der Waals surface area (Å²) < 4.78 is 63.3. The van der Waals surface area contributed by atoms with Crippen LogP contribution in [0.15, 0.2) is 32.9 Å². The third kappa shape index (κ3) is 3.26. The van der Waals surface area contributed by atoms with Crippen LogP contribution in [0.3, 0.4) is 0 Å². The second-order valence-electron chi connectivity index (χ2n) is 2.34. The molecule has 9 heteroatoms. The number of hydrogen-bond donors (Lipinski definition) is 0. The van der Waals surface area contributed by atoms with Crippen LogP contribution in [0, 0.1) is 0 Å². The molecule has 0 amide bonds. The van der Waals surface area contributed by atoms with E-state index in [1.165, 1.54) is 0 Å². The Hall–Kier alpha value is -0.450. The molecule has 0 heterocycles. The standard InChI is InChI=1S/C6H6O6S3/c7-13(8)4-1-5(14(9)10)3-6(2-4)15(11)12/h1-3H,(H,7,8)(H,9,10)(H,11,12)/p-3. The first-order chi connectivity index (χ1) is 6.91. The lowest BCUT2D eigenvalue weighted by atomic mass is 10.4. The zero-order valence-corrected chi connectivity index (χ0v) is 9.36. The Kier molecular flexibility index (Phi) is 4.25. The van der Waals surface area contributed by atoms with E-state index in [4.69, 9.17) is 0 Å². The van der Waals surface area contributed by atoms with Crippen molar-refractivity contribution in [3.05, 3.63) is 18.2 Å². The monoisotopic (exact) mass is 267 g/mol. The summed E-state index contributed by atoms with van der Waals surface area (Å²) in [6.45, 7) is 0. The van der Waals surface area contributed by atoms with Crippen molar-refractivity contribution < 1.29 is 26.3 Å². The minimum atomic E-state index is -2.68. The van der Waals surface area contributed by atoms with Crippen molar-refractivity contribution >= 4 is 33.2 Å². The van der Waals surface area contributed by atoms with E-state index in [-0.39, 0.29) is 0 Å². The highest BCUT2D eigenvalue weighted by molar-refractivity contribution is 7.80. The molecule has 3 unspecified atom stereocenters. The summed E-state index contributed by atoms with van der Waals surface area (Å²) >= 11 is -8.04. The van der Waals surface area contributed by atoms with Gasteiger partial charge in [-0.25, -0.2) is 0 Å². The van der Waals surface area contributed by atoms with E-state index in [1.807, 2.05) is 0 Å². The van der Waals surface area contributed by atoms with Gasteiger partial charge in [-0.3, -0.25) is 12.6 Å². The summed E-state index contributed by atoms with van der Waals surface area (Å²) in [4.78, 5) is -1.18. The summed E-state index contributed by atoms with van der Waals surface area (Å²) in [5.41, 5.74) is 0. The lowest BCUT2D eigenvalue weighted by molar-refractivity contribution is 0.532. The molecule has 3 atom stereocenters. The van der Waals surface area contributed by atoms with Crippen LogP contribution in [-0.4, -0.2) is 26.3 Å². The fraction of sp³-hybridized carbons (Fsp3) is 0. The Bertz CT molecular complexity index is 377. The molecule has 0 aliphatic rings. The van der Waals surface area contributed by atoms with Crippen LogP contribution >= 0.6 is 0 Å². The largest absolute Gasteiger partial charge is 0.768 e. The molecule has 6 nitrogen and oxygen atoms in total. The Morgan fingerprint density at radius 2 is 0.867 bits per heavy atom. The molecule has 0 aliphatic carbocycles. The molecule has 0 radical (unpaired) electrons. The molecule has 0 N–H and O–H groups in total. The molecule has 1 aromatic carbocycles. The first-order valence-electron chi connectivity index (χ1n) is 3.34. The van der Waals surface area contributed by atoms with Gasteiger partial charge in [-0.2, -0.15) is 0 Å². The first-order valence-corrected chi connectivity index (χ1v) is 6.57. The minimum Gasteiger partial charge on any atom is -0.768 e. The Morgan fingerprint density at radius 1 is 0.667 bits per heavy atom. The van der Waals surface area contributed by atoms with Gasteiger partial charge in [-0.1, -0.05) is 0 Å². The fourth-order valence-corrected chi connectivity index (χ4v) is 2.40. The average molecular weight is 267 g/mol. The summed E-state index contributed by atoms with van der Waals surface area (Å²) in [6.07, 6.45) is 0. The van der Waals surface area contributed by atoms with Gasteiger partial charge < -0.3 is 13.7 Å². The van der Waals surface area contributed by atoms with Crippen LogP contribution in [0.5, 0.6) is 0 Å². The lowest BCUT2D eigenvalue weighted by Gasteiger charge is -2.14. The van der Waals surface area contributed by atoms with Gasteiger partial charge in [0.1, 0.15) is 0 Å². The normalized spacial score (nSPS) is 17.0. The van der Waals surface area contributed by atoms with Gasteiger partial charge in [-0.15, -0.1) is 0 Å². The molecule has 84 valence electrons. The van der Waals surface area contributed by atoms with Crippen LogP contribution in [0.25, 0.3) is 0 Å². The smallest absolute Gasteiger partial charge is 0.0272 e. The highest BCUT2D eigenvalue weighted by Gasteiger charge is 2.02. The highest BCUT2D eigenvalue weighted by atomic mass is 32.2. The Morgan fingerprint density at radius 3 is 1.00 bits per heavy atom. The van der Waals surface area contributed by atoms with E-state index < -0.39 is 47.9 Å². The van der Waals surface area contributed by atoms with Crippen LogP contribution in [-0.2, 0) is 33.2 Å². The van der Waals surface area contributed by atoms with Crippen molar-refractivity contribution in [2.24, 2.45) is 0 Å². The third-order valence-corrected chi connectivity index (χ3v) is 3.29. The van der Waals surface area contributed by atoms with E-state index in [2.05, 4.69) is 0 Å². The fourth-order valence-electron chi connectivity index (χ4n) is 0.834. The van der Waals surface area contributed by atoms with Crippen LogP contribution in [0.4, 0.5) is 0 Å². The predicted octanol–water partition coefficient (Wildman–Crippen LogP) is -0.599. The van der Waals surface area contributed by atoms with Crippen molar-refractivity contribution in [1.82, 2.24) is 0 Å². The van der Waals surface area contributed by atoms with Gasteiger partial charge in [0.2, 0.25) is 0 Å². The number of benzene rings is 1. The van der Waals surface area contributed by atoms with Crippen molar-refractivity contribution in [2.75, 3.05) is 0 Å². The second kappa shape index (κ2) is 5.05. The molecule has 0 saturated carbocycles. The van der Waals surface area contributed by atoms with E-state index in [9.17, 15) is 26.3 Å².